The van der Waals surface area contributed by atoms with E-state index in [1.54, 1.807) is 0 Å². The predicted molar refractivity (Wildman–Crippen MR) is 94.3 cm³/mol. The lowest BCUT2D eigenvalue weighted by Gasteiger charge is -2.36. The maximum Gasteiger partial charge on any atom is 0.404 e. The Morgan fingerprint density at radius 3 is 2.43 bits per heavy atom. The van der Waals surface area contributed by atoms with Gasteiger partial charge in [-0.25, -0.2) is 13.6 Å². The van der Waals surface area contributed by atoms with Crippen molar-refractivity contribution in [3.63, 3.8) is 0 Å². The second-order valence-electron chi connectivity index (χ2n) is 6.47. The molecule has 3 rings (SSSR count). The summed E-state index contributed by atoms with van der Waals surface area (Å²) in [5.41, 5.74) is 0.383. The summed E-state index contributed by atoms with van der Waals surface area (Å²) in [6.45, 7) is 0.433. The summed E-state index contributed by atoms with van der Waals surface area (Å²) >= 11 is 0. The van der Waals surface area contributed by atoms with E-state index in [0.29, 0.717) is 5.71 Å². The molecule has 3 N–H and O–H groups in total. The van der Waals surface area contributed by atoms with Crippen molar-refractivity contribution in [3.8, 4) is 0 Å². The molecule has 28 heavy (non-hydrogen) atoms. The quantitative estimate of drug-likeness (QED) is 0.660. The Kier molecular flexibility index (Phi) is 5.93. The number of nitrogens with zero attached hydrogens (tertiary/aromatic N) is 3. The van der Waals surface area contributed by atoms with Crippen molar-refractivity contribution < 1.29 is 33.4 Å². The van der Waals surface area contributed by atoms with Gasteiger partial charge < -0.3 is 30.2 Å². The van der Waals surface area contributed by atoms with E-state index in [9.17, 15) is 18.4 Å². The molecule has 11 heteroatoms. The molecule has 1 atom stereocenters. The predicted octanol–water partition coefficient (Wildman–Crippen LogP) is 0.366. The van der Waals surface area contributed by atoms with Gasteiger partial charge >= 0.3 is 6.09 Å². The van der Waals surface area contributed by atoms with E-state index in [1.807, 2.05) is 0 Å². The van der Waals surface area contributed by atoms with E-state index >= 15 is 0 Å². The standard InChI is InChI=1S/C17H20F2N4O5/c18-12-5-10(14-7-11(28-21-14)8-20-17(26)27)6-13(19)16(12)23-3-1-22(2-4-23)15(25)9-24/h5-6,11,20,24H,1-4,7-9H2,(H,26,27)/t11-/m1/s1. The summed E-state index contributed by atoms with van der Waals surface area (Å²) in [7, 11) is 0. The van der Waals surface area contributed by atoms with Crippen LogP contribution in [0.2, 0.25) is 0 Å². The number of hydrogen-bond acceptors (Lipinski definition) is 6. The number of carbonyl (C=O) groups is 2. The van der Waals surface area contributed by atoms with Crippen molar-refractivity contribution in [2.75, 3.05) is 44.2 Å². The van der Waals surface area contributed by atoms with Crippen LogP contribution in [0.3, 0.4) is 0 Å². The molecule has 1 fully saturated rings. The minimum atomic E-state index is -1.20. The SMILES string of the molecule is O=C(O)NC[C@H]1CC(c2cc(F)c(N3CCN(C(=O)CO)CC3)c(F)c2)=NO1. The summed E-state index contributed by atoms with van der Waals surface area (Å²) < 4.78 is 29.3. The number of benzene rings is 1. The largest absolute Gasteiger partial charge is 0.465 e. The highest BCUT2D eigenvalue weighted by Gasteiger charge is 2.28. The molecule has 2 amide bonds. The van der Waals surface area contributed by atoms with E-state index < -0.39 is 36.3 Å². The van der Waals surface area contributed by atoms with Gasteiger partial charge in [-0.3, -0.25) is 4.79 Å². The minimum absolute atomic E-state index is 0.0161. The summed E-state index contributed by atoms with van der Waals surface area (Å²) in [6.07, 6.45) is -1.51. The number of carbonyl (C=O) groups excluding carboxylic acids is 1. The Balaban J connectivity index is 1.67. The average molecular weight is 398 g/mol. The maximum absolute atomic E-state index is 14.6. The van der Waals surface area contributed by atoms with Crippen molar-refractivity contribution in [1.82, 2.24) is 10.2 Å². The fraction of sp³-hybridized carbons (Fsp3) is 0.471. The summed E-state index contributed by atoms with van der Waals surface area (Å²) in [4.78, 5) is 30.1. The lowest BCUT2D eigenvalue weighted by atomic mass is 10.0. The van der Waals surface area contributed by atoms with E-state index in [2.05, 4.69) is 10.5 Å². The molecular formula is C17H20F2N4O5. The Morgan fingerprint density at radius 1 is 1.21 bits per heavy atom. The van der Waals surface area contributed by atoms with Gasteiger partial charge in [0.05, 0.1) is 12.3 Å². The van der Waals surface area contributed by atoms with E-state index in [-0.39, 0.29) is 50.4 Å². The monoisotopic (exact) mass is 398 g/mol. The molecule has 0 spiro atoms. The molecule has 9 nitrogen and oxygen atoms in total. The zero-order valence-corrected chi connectivity index (χ0v) is 14.9. The topological polar surface area (TPSA) is 115 Å². The second-order valence-corrected chi connectivity index (χ2v) is 6.47. The van der Waals surface area contributed by atoms with E-state index in [0.717, 1.165) is 0 Å². The van der Waals surface area contributed by atoms with Gasteiger partial charge in [-0.15, -0.1) is 0 Å². The third kappa shape index (κ3) is 4.30. The van der Waals surface area contributed by atoms with Crippen LogP contribution in [0.15, 0.2) is 17.3 Å². The lowest BCUT2D eigenvalue weighted by Crippen LogP contribution is -2.50. The second kappa shape index (κ2) is 8.38. The van der Waals surface area contributed by atoms with Crippen LogP contribution < -0.4 is 10.2 Å². The van der Waals surface area contributed by atoms with Gasteiger partial charge in [0.15, 0.2) is 6.10 Å². The van der Waals surface area contributed by atoms with E-state index in [4.69, 9.17) is 15.1 Å². The number of hydrogen-bond donors (Lipinski definition) is 3. The number of carboxylic acid groups (broad SMARTS) is 1. The molecule has 2 aliphatic rings. The highest BCUT2D eigenvalue weighted by molar-refractivity contribution is 6.01. The smallest absolute Gasteiger partial charge is 0.404 e. The van der Waals surface area contributed by atoms with Crippen molar-refractivity contribution in [3.05, 3.63) is 29.3 Å². The van der Waals surface area contributed by atoms with Crippen LogP contribution in [-0.4, -0.2) is 78.3 Å². The molecule has 1 aromatic rings. The number of halogens is 2. The number of rotatable bonds is 5. The summed E-state index contributed by atoms with van der Waals surface area (Å²) in [6, 6.07) is 2.33. The lowest BCUT2D eigenvalue weighted by molar-refractivity contribution is -0.134. The molecule has 152 valence electrons. The zero-order valence-electron chi connectivity index (χ0n) is 14.9. The third-order valence-electron chi connectivity index (χ3n) is 4.65. The fourth-order valence-electron chi connectivity index (χ4n) is 3.22. The minimum Gasteiger partial charge on any atom is -0.465 e. The van der Waals surface area contributed by atoms with Crippen LogP contribution >= 0.6 is 0 Å². The van der Waals surface area contributed by atoms with Gasteiger partial charge in [-0.05, 0) is 12.1 Å². The number of amides is 2. The van der Waals surface area contributed by atoms with Crippen molar-refractivity contribution in [2.24, 2.45) is 5.16 Å². The zero-order chi connectivity index (χ0) is 20.3. The first-order valence-electron chi connectivity index (χ1n) is 8.71. The third-order valence-corrected chi connectivity index (χ3v) is 4.65. The highest BCUT2D eigenvalue weighted by atomic mass is 19.1. The van der Waals surface area contributed by atoms with Crippen molar-refractivity contribution in [2.45, 2.75) is 12.5 Å². The Bertz CT molecular complexity index is 773. The average Bonchev–Trinajstić information content (AvgIpc) is 3.15. The van der Waals surface area contributed by atoms with Gasteiger partial charge in [-0.1, -0.05) is 5.16 Å². The number of piperazine rings is 1. The number of aliphatic hydroxyl groups excluding tert-OH is 1. The number of nitrogens with one attached hydrogen (secondary N) is 1. The normalized spacial score (nSPS) is 19.2. The van der Waals surface area contributed by atoms with Crippen LogP contribution in [0, 0.1) is 11.6 Å². The van der Waals surface area contributed by atoms with Crippen LogP contribution in [0.25, 0.3) is 0 Å². The van der Waals surface area contributed by atoms with Crippen molar-refractivity contribution in [1.29, 1.82) is 0 Å². The van der Waals surface area contributed by atoms with Crippen LogP contribution in [-0.2, 0) is 9.63 Å². The van der Waals surface area contributed by atoms with Crippen molar-refractivity contribution >= 4 is 23.4 Å². The first-order valence-corrected chi connectivity index (χ1v) is 8.71. The first kappa shape index (κ1) is 19.8. The van der Waals surface area contributed by atoms with Gasteiger partial charge in [0.25, 0.3) is 0 Å². The van der Waals surface area contributed by atoms with Gasteiger partial charge in [0.2, 0.25) is 5.91 Å². The first-order chi connectivity index (χ1) is 13.4. The number of oxime groups is 1. The highest BCUT2D eigenvalue weighted by Crippen LogP contribution is 2.28. The molecule has 0 unspecified atom stereocenters. The summed E-state index contributed by atoms with van der Waals surface area (Å²) in [5.74, 6) is -1.93. The number of anilines is 1. The molecule has 2 aliphatic heterocycles. The molecule has 0 saturated carbocycles. The number of aliphatic hydroxyl groups is 1. The van der Waals surface area contributed by atoms with Gasteiger partial charge in [0.1, 0.15) is 23.9 Å². The van der Waals surface area contributed by atoms with Crippen LogP contribution in [0.5, 0.6) is 0 Å². The van der Waals surface area contributed by atoms with Gasteiger partial charge in [0, 0.05) is 38.2 Å². The molecule has 2 heterocycles. The Morgan fingerprint density at radius 2 is 1.86 bits per heavy atom. The summed E-state index contributed by atoms with van der Waals surface area (Å²) in [5, 5.41) is 23.5. The van der Waals surface area contributed by atoms with Crippen LogP contribution in [0.4, 0.5) is 19.3 Å². The van der Waals surface area contributed by atoms with Gasteiger partial charge in [-0.2, -0.15) is 0 Å². The molecule has 0 aliphatic carbocycles. The fourth-order valence-corrected chi connectivity index (χ4v) is 3.22. The molecule has 0 radical (unpaired) electrons. The molecular weight excluding hydrogens is 378 g/mol. The maximum atomic E-state index is 14.6. The Hall–Kier alpha value is -2.95. The van der Waals surface area contributed by atoms with E-state index in [1.165, 1.54) is 21.9 Å². The molecule has 0 bridgehead atoms. The van der Waals surface area contributed by atoms with Crippen LogP contribution in [0.1, 0.15) is 12.0 Å². The molecule has 1 aromatic carbocycles. The molecule has 0 aromatic heterocycles. The molecule has 1 saturated heterocycles. The Labute approximate surface area is 159 Å².